The highest BCUT2D eigenvalue weighted by atomic mass is 35.5. The van der Waals surface area contributed by atoms with E-state index in [0.29, 0.717) is 5.92 Å². The number of piperidine rings is 1. The van der Waals surface area contributed by atoms with Gasteiger partial charge in [-0.3, -0.25) is 4.79 Å². The number of amides is 1. The molecule has 0 radical (unpaired) electrons. The van der Waals surface area contributed by atoms with E-state index < -0.39 is 0 Å². The van der Waals surface area contributed by atoms with E-state index in [4.69, 9.17) is 0 Å². The molecule has 5 heteroatoms. The Bertz CT molecular complexity index is 794. The number of rotatable bonds is 6. The molecular formula is C23H31ClN2OS. The summed E-state index contributed by atoms with van der Waals surface area (Å²) in [6, 6.07) is 14.7. The van der Waals surface area contributed by atoms with Gasteiger partial charge in [0.2, 0.25) is 0 Å². The number of thioether (sulfide) groups is 1. The number of likely N-dealkylation sites (tertiary alicyclic amines) is 1. The third-order valence-corrected chi connectivity index (χ3v) is 6.44. The zero-order valence-corrected chi connectivity index (χ0v) is 18.7. The Balaban J connectivity index is 0.00000280. The van der Waals surface area contributed by atoms with E-state index in [9.17, 15) is 4.79 Å². The number of hydrogen-bond donors (Lipinski definition) is 1. The van der Waals surface area contributed by atoms with Crippen LogP contribution in [0.5, 0.6) is 0 Å². The molecule has 0 aromatic heterocycles. The summed E-state index contributed by atoms with van der Waals surface area (Å²) in [5.41, 5.74) is 4.63. The molecule has 0 bridgehead atoms. The maximum Gasteiger partial charge on any atom is 0.253 e. The number of nitrogens with one attached hydrogen (secondary N) is 1. The highest BCUT2D eigenvalue weighted by Crippen LogP contribution is 2.27. The average Bonchev–Trinajstić information content (AvgIpc) is 2.67. The molecule has 0 aliphatic carbocycles. The van der Waals surface area contributed by atoms with Crippen molar-refractivity contribution in [2.75, 3.05) is 26.7 Å². The van der Waals surface area contributed by atoms with Gasteiger partial charge in [-0.15, -0.1) is 24.2 Å². The molecule has 1 atom stereocenters. The monoisotopic (exact) mass is 418 g/mol. The van der Waals surface area contributed by atoms with Gasteiger partial charge in [0.05, 0.1) is 0 Å². The van der Waals surface area contributed by atoms with Crippen molar-refractivity contribution in [1.82, 2.24) is 10.2 Å². The quantitative estimate of drug-likeness (QED) is 0.663. The van der Waals surface area contributed by atoms with Crippen molar-refractivity contribution in [2.24, 2.45) is 5.92 Å². The van der Waals surface area contributed by atoms with E-state index in [2.05, 4.69) is 49.5 Å². The van der Waals surface area contributed by atoms with E-state index in [0.717, 1.165) is 37.4 Å². The lowest BCUT2D eigenvalue weighted by atomic mass is 9.97. The first kappa shape index (κ1) is 22.8. The molecule has 3 rings (SSSR count). The maximum absolute atomic E-state index is 13.0. The molecule has 1 N–H and O–H groups in total. The molecule has 1 saturated heterocycles. The average molecular weight is 419 g/mol. The van der Waals surface area contributed by atoms with E-state index in [1.165, 1.54) is 28.0 Å². The van der Waals surface area contributed by atoms with Gasteiger partial charge in [-0.05, 0) is 75.5 Å². The fraction of sp³-hybridized carbons (Fsp3) is 0.435. The van der Waals surface area contributed by atoms with Gasteiger partial charge in [0.1, 0.15) is 0 Å². The lowest BCUT2D eigenvalue weighted by Gasteiger charge is -2.32. The molecule has 2 aromatic carbocycles. The number of carbonyl (C=O) groups is 1. The van der Waals surface area contributed by atoms with Gasteiger partial charge in [-0.25, -0.2) is 0 Å². The summed E-state index contributed by atoms with van der Waals surface area (Å²) < 4.78 is 0. The second-order valence-electron chi connectivity index (χ2n) is 7.58. The minimum absolute atomic E-state index is 0. The van der Waals surface area contributed by atoms with Crippen LogP contribution in [0.3, 0.4) is 0 Å². The van der Waals surface area contributed by atoms with Gasteiger partial charge in [-0.2, -0.15) is 0 Å². The van der Waals surface area contributed by atoms with Gasteiger partial charge >= 0.3 is 0 Å². The van der Waals surface area contributed by atoms with Crippen LogP contribution in [0.1, 0.15) is 39.9 Å². The first-order chi connectivity index (χ1) is 13.1. The molecule has 1 aliphatic rings. The van der Waals surface area contributed by atoms with Crippen LogP contribution in [0.25, 0.3) is 0 Å². The highest BCUT2D eigenvalue weighted by Gasteiger charge is 2.24. The third kappa shape index (κ3) is 6.00. The predicted molar refractivity (Wildman–Crippen MR) is 122 cm³/mol. The van der Waals surface area contributed by atoms with Crippen molar-refractivity contribution in [3.63, 3.8) is 0 Å². The smallest absolute Gasteiger partial charge is 0.253 e. The molecule has 1 heterocycles. The van der Waals surface area contributed by atoms with E-state index in [-0.39, 0.29) is 18.3 Å². The maximum atomic E-state index is 13.0. The highest BCUT2D eigenvalue weighted by molar-refractivity contribution is 7.98. The molecule has 1 aliphatic heterocycles. The minimum Gasteiger partial charge on any atom is -0.338 e. The topological polar surface area (TPSA) is 32.3 Å². The Kier molecular flexibility index (Phi) is 8.87. The van der Waals surface area contributed by atoms with Crippen molar-refractivity contribution < 1.29 is 4.79 Å². The van der Waals surface area contributed by atoms with Crippen LogP contribution in [0.15, 0.2) is 47.4 Å². The predicted octanol–water partition coefficient (Wildman–Crippen LogP) is 5.09. The Morgan fingerprint density at radius 1 is 1.21 bits per heavy atom. The Morgan fingerprint density at radius 2 is 2.04 bits per heavy atom. The Labute approximate surface area is 179 Å². The SMILES string of the molecule is CNCC1CCCN(C(=O)c2cccc(CSc3ccc(C)cc3C)c2)C1.Cl. The van der Waals surface area contributed by atoms with E-state index in [1.807, 2.05) is 35.8 Å². The minimum atomic E-state index is 0. The van der Waals surface area contributed by atoms with Crippen molar-refractivity contribution in [2.45, 2.75) is 37.3 Å². The number of carbonyl (C=O) groups excluding carboxylic acids is 1. The molecule has 0 saturated carbocycles. The summed E-state index contributed by atoms with van der Waals surface area (Å²) in [4.78, 5) is 16.3. The van der Waals surface area contributed by atoms with E-state index >= 15 is 0 Å². The van der Waals surface area contributed by atoms with Crippen LogP contribution in [0.2, 0.25) is 0 Å². The largest absolute Gasteiger partial charge is 0.338 e. The second kappa shape index (κ2) is 10.9. The summed E-state index contributed by atoms with van der Waals surface area (Å²) in [6.45, 7) is 7.00. The number of nitrogens with zero attached hydrogens (tertiary/aromatic N) is 1. The van der Waals surface area contributed by atoms with Gasteiger partial charge in [0.25, 0.3) is 5.91 Å². The normalized spacial score (nSPS) is 16.5. The number of aryl methyl sites for hydroxylation is 2. The first-order valence-electron chi connectivity index (χ1n) is 9.79. The summed E-state index contributed by atoms with van der Waals surface area (Å²) in [6.07, 6.45) is 2.30. The summed E-state index contributed by atoms with van der Waals surface area (Å²) in [7, 11) is 1.98. The van der Waals surface area contributed by atoms with E-state index in [1.54, 1.807) is 0 Å². The molecule has 2 aromatic rings. The molecule has 3 nitrogen and oxygen atoms in total. The first-order valence-corrected chi connectivity index (χ1v) is 10.8. The summed E-state index contributed by atoms with van der Waals surface area (Å²) >= 11 is 1.84. The molecule has 1 unspecified atom stereocenters. The Morgan fingerprint density at radius 3 is 2.79 bits per heavy atom. The summed E-state index contributed by atoms with van der Waals surface area (Å²) in [5.74, 6) is 1.62. The van der Waals surface area contributed by atoms with Gasteiger partial charge in [-0.1, -0.05) is 29.8 Å². The lowest BCUT2D eigenvalue weighted by molar-refractivity contribution is 0.0674. The molecule has 152 valence electrons. The van der Waals surface area contributed by atoms with Gasteiger partial charge in [0, 0.05) is 29.3 Å². The number of halogens is 1. The molecule has 1 amide bonds. The van der Waals surface area contributed by atoms with Gasteiger partial charge in [0.15, 0.2) is 0 Å². The van der Waals surface area contributed by atoms with Crippen LogP contribution in [0, 0.1) is 19.8 Å². The molecule has 28 heavy (non-hydrogen) atoms. The van der Waals surface area contributed by atoms with Crippen LogP contribution >= 0.6 is 24.2 Å². The van der Waals surface area contributed by atoms with Crippen molar-refractivity contribution in [3.05, 3.63) is 64.7 Å². The molecule has 1 fully saturated rings. The number of benzene rings is 2. The fourth-order valence-electron chi connectivity index (χ4n) is 3.80. The third-order valence-electron chi connectivity index (χ3n) is 5.20. The van der Waals surface area contributed by atoms with Crippen LogP contribution < -0.4 is 5.32 Å². The summed E-state index contributed by atoms with van der Waals surface area (Å²) in [5, 5.41) is 3.25. The molecule has 0 spiro atoms. The Hall–Kier alpha value is -1.49. The van der Waals surface area contributed by atoms with Crippen LogP contribution in [-0.2, 0) is 5.75 Å². The zero-order chi connectivity index (χ0) is 19.2. The van der Waals surface area contributed by atoms with Crippen LogP contribution in [0.4, 0.5) is 0 Å². The van der Waals surface area contributed by atoms with Crippen molar-refractivity contribution in [3.8, 4) is 0 Å². The van der Waals surface area contributed by atoms with Crippen LogP contribution in [-0.4, -0.2) is 37.5 Å². The second-order valence-corrected chi connectivity index (χ2v) is 8.59. The molecular weight excluding hydrogens is 388 g/mol. The van der Waals surface area contributed by atoms with Gasteiger partial charge < -0.3 is 10.2 Å². The lowest BCUT2D eigenvalue weighted by Crippen LogP contribution is -2.42. The van der Waals surface area contributed by atoms with Crippen molar-refractivity contribution >= 4 is 30.1 Å². The zero-order valence-electron chi connectivity index (χ0n) is 17.0. The number of hydrogen-bond acceptors (Lipinski definition) is 3. The van der Waals surface area contributed by atoms with Crippen molar-refractivity contribution in [1.29, 1.82) is 0 Å². The fourth-order valence-corrected chi connectivity index (χ4v) is 4.76. The standard InChI is InChI=1S/C23H30N2OS.ClH/c1-17-9-10-22(18(2)12-17)27-16-19-6-4-8-21(13-19)23(26)25-11-5-7-20(15-25)14-24-3;/h4,6,8-10,12-13,20,24H,5,7,11,14-16H2,1-3H3;1H.